The van der Waals surface area contributed by atoms with E-state index < -0.39 is 0 Å². The summed E-state index contributed by atoms with van der Waals surface area (Å²) in [6.45, 7) is 3.71. The summed E-state index contributed by atoms with van der Waals surface area (Å²) in [5.74, 6) is 0.878. The van der Waals surface area contributed by atoms with Crippen molar-refractivity contribution >= 4 is 16.8 Å². The second kappa shape index (κ2) is 4.61. The summed E-state index contributed by atoms with van der Waals surface area (Å²) in [5.41, 5.74) is 3.21. The van der Waals surface area contributed by atoms with Crippen LogP contribution >= 0.6 is 0 Å². The number of methoxy groups -OCH3 is 1. The smallest absolute Gasteiger partial charge is 0.268 e. The number of nitrogens with zero attached hydrogens (tertiary/aromatic N) is 1. The number of benzene rings is 1. The topological polar surface area (TPSA) is 43.3 Å². The van der Waals surface area contributed by atoms with Gasteiger partial charge < -0.3 is 14.6 Å². The maximum atomic E-state index is 11.9. The van der Waals surface area contributed by atoms with Gasteiger partial charge in [-0.25, -0.2) is 0 Å². The Morgan fingerprint density at radius 3 is 2.95 bits per heavy atom. The van der Waals surface area contributed by atoms with Gasteiger partial charge in [0.2, 0.25) is 0 Å². The van der Waals surface area contributed by atoms with Crippen LogP contribution < -0.4 is 10.1 Å². The van der Waals surface area contributed by atoms with Gasteiger partial charge in [-0.1, -0.05) is 13.3 Å². The first-order valence-corrected chi connectivity index (χ1v) is 6.73. The number of hydrogen-bond acceptors (Lipinski definition) is 2. The molecule has 1 N–H and O–H groups in total. The summed E-state index contributed by atoms with van der Waals surface area (Å²) >= 11 is 0. The molecule has 0 saturated carbocycles. The molecule has 1 amide bonds. The number of carbonyl (C=O) groups is 1. The van der Waals surface area contributed by atoms with E-state index in [2.05, 4.69) is 22.9 Å². The normalized spacial score (nSPS) is 14.3. The largest absolute Gasteiger partial charge is 0.497 e. The Bertz CT molecular complexity index is 643. The zero-order valence-corrected chi connectivity index (χ0v) is 11.3. The number of nitrogens with one attached hydrogen (secondary N) is 1. The Morgan fingerprint density at radius 2 is 2.21 bits per heavy atom. The highest BCUT2D eigenvalue weighted by Crippen LogP contribution is 2.30. The molecule has 1 aromatic heterocycles. The van der Waals surface area contributed by atoms with Crippen LogP contribution in [0.1, 0.15) is 29.4 Å². The molecular formula is C15H18N2O2. The Balaban J connectivity index is 2.28. The van der Waals surface area contributed by atoms with Crippen molar-refractivity contribution in [3.05, 3.63) is 29.5 Å². The van der Waals surface area contributed by atoms with Gasteiger partial charge in [0.15, 0.2) is 0 Å². The number of rotatable bonds is 3. The minimum Gasteiger partial charge on any atom is -0.497 e. The Labute approximate surface area is 112 Å². The first-order valence-electron chi connectivity index (χ1n) is 6.73. The van der Waals surface area contributed by atoms with Crippen LogP contribution in [0.15, 0.2) is 18.2 Å². The van der Waals surface area contributed by atoms with Crippen LogP contribution in [0.3, 0.4) is 0 Å². The van der Waals surface area contributed by atoms with Crippen LogP contribution in [-0.4, -0.2) is 24.1 Å². The number of hydrogen-bond donors (Lipinski definition) is 1. The second-order valence-corrected chi connectivity index (χ2v) is 4.91. The zero-order valence-electron chi connectivity index (χ0n) is 11.3. The number of amides is 1. The fourth-order valence-corrected chi connectivity index (χ4v) is 2.84. The fourth-order valence-electron chi connectivity index (χ4n) is 2.84. The van der Waals surface area contributed by atoms with E-state index in [1.807, 2.05) is 12.1 Å². The molecule has 1 aliphatic rings. The number of fused-ring (bicyclic) bond motifs is 3. The third-order valence-corrected chi connectivity index (χ3v) is 3.65. The van der Waals surface area contributed by atoms with Crippen LogP contribution in [0, 0.1) is 0 Å². The summed E-state index contributed by atoms with van der Waals surface area (Å²) in [6, 6.07) is 6.06. The van der Waals surface area contributed by atoms with Crippen LogP contribution in [-0.2, 0) is 13.0 Å². The van der Waals surface area contributed by atoms with Gasteiger partial charge in [-0.15, -0.1) is 0 Å². The summed E-state index contributed by atoms with van der Waals surface area (Å²) in [7, 11) is 1.68. The molecule has 2 aromatic rings. The Kier molecular flexibility index (Phi) is 2.93. The van der Waals surface area contributed by atoms with Gasteiger partial charge in [0.25, 0.3) is 5.91 Å². The summed E-state index contributed by atoms with van der Waals surface area (Å²) in [4.78, 5) is 11.9. The molecule has 1 aliphatic heterocycles. The lowest BCUT2D eigenvalue weighted by atomic mass is 10.1. The minimum atomic E-state index is 0.0175. The molecule has 0 atom stereocenters. The molecule has 0 aliphatic carbocycles. The molecule has 19 heavy (non-hydrogen) atoms. The average molecular weight is 258 g/mol. The lowest BCUT2D eigenvalue weighted by molar-refractivity contribution is 0.0929. The van der Waals surface area contributed by atoms with E-state index in [1.165, 1.54) is 11.1 Å². The van der Waals surface area contributed by atoms with Gasteiger partial charge in [-0.2, -0.15) is 0 Å². The average Bonchev–Trinajstić information content (AvgIpc) is 2.79. The van der Waals surface area contributed by atoms with E-state index in [0.29, 0.717) is 6.54 Å². The Morgan fingerprint density at radius 1 is 1.37 bits per heavy atom. The van der Waals surface area contributed by atoms with E-state index in [4.69, 9.17) is 4.74 Å². The van der Waals surface area contributed by atoms with Gasteiger partial charge in [0, 0.05) is 18.5 Å². The van der Waals surface area contributed by atoms with Crippen molar-refractivity contribution in [1.29, 1.82) is 0 Å². The molecule has 0 fully saturated rings. The predicted molar refractivity (Wildman–Crippen MR) is 74.8 cm³/mol. The van der Waals surface area contributed by atoms with Gasteiger partial charge in [0.05, 0.1) is 12.6 Å². The number of aryl methyl sites for hydroxylation is 1. The molecule has 100 valence electrons. The maximum absolute atomic E-state index is 11.9. The van der Waals surface area contributed by atoms with E-state index in [9.17, 15) is 4.79 Å². The first-order chi connectivity index (χ1) is 9.24. The van der Waals surface area contributed by atoms with Gasteiger partial charge in [0.1, 0.15) is 11.4 Å². The van der Waals surface area contributed by atoms with Gasteiger partial charge >= 0.3 is 0 Å². The molecule has 2 heterocycles. The van der Waals surface area contributed by atoms with Crippen molar-refractivity contribution in [3.8, 4) is 5.75 Å². The molecule has 0 saturated heterocycles. The van der Waals surface area contributed by atoms with Crippen LogP contribution in [0.5, 0.6) is 5.75 Å². The van der Waals surface area contributed by atoms with E-state index in [0.717, 1.165) is 36.2 Å². The van der Waals surface area contributed by atoms with E-state index in [1.54, 1.807) is 7.11 Å². The standard InChI is InChI=1S/C15H18N2O2/c1-3-4-10-7-12(19-2)8-11-9-13-15(18)16-5-6-17(13)14(10)11/h7-9H,3-6H2,1-2H3,(H,16,18). The van der Waals surface area contributed by atoms with Crippen LogP contribution in [0.2, 0.25) is 0 Å². The van der Waals surface area contributed by atoms with Crippen molar-refractivity contribution in [2.24, 2.45) is 0 Å². The number of ether oxygens (including phenoxy) is 1. The highest BCUT2D eigenvalue weighted by atomic mass is 16.5. The SMILES string of the molecule is CCCc1cc(OC)cc2cc3n(c12)CCNC3=O. The molecule has 0 bridgehead atoms. The van der Waals surface area contributed by atoms with E-state index >= 15 is 0 Å². The molecular weight excluding hydrogens is 240 g/mol. The molecule has 4 nitrogen and oxygen atoms in total. The van der Waals surface area contributed by atoms with Crippen LogP contribution in [0.4, 0.5) is 0 Å². The van der Waals surface area contributed by atoms with Gasteiger partial charge in [-0.05, 0) is 30.2 Å². The Hall–Kier alpha value is -1.97. The molecule has 4 heteroatoms. The van der Waals surface area contributed by atoms with E-state index in [-0.39, 0.29) is 5.91 Å². The van der Waals surface area contributed by atoms with Crippen molar-refractivity contribution in [3.63, 3.8) is 0 Å². The van der Waals surface area contributed by atoms with Crippen molar-refractivity contribution in [1.82, 2.24) is 9.88 Å². The number of aromatic nitrogens is 1. The molecule has 3 rings (SSSR count). The quantitative estimate of drug-likeness (QED) is 0.918. The maximum Gasteiger partial charge on any atom is 0.268 e. The lowest BCUT2D eigenvalue weighted by Crippen LogP contribution is -2.34. The highest BCUT2D eigenvalue weighted by molar-refractivity contribution is 6.00. The first kappa shape index (κ1) is 12.1. The van der Waals surface area contributed by atoms with Gasteiger partial charge in [-0.3, -0.25) is 4.79 Å². The molecule has 0 unspecified atom stereocenters. The summed E-state index contributed by atoms with van der Waals surface area (Å²) < 4.78 is 7.50. The van der Waals surface area contributed by atoms with Crippen LogP contribution in [0.25, 0.3) is 10.9 Å². The summed E-state index contributed by atoms with van der Waals surface area (Å²) in [5, 5.41) is 3.98. The molecule has 0 spiro atoms. The van der Waals surface area contributed by atoms with Crippen molar-refractivity contribution in [2.45, 2.75) is 26.3 Å². The van der Waals surface area contributed by atoms with Crippen molar-refractivity contribution in [2.75, 3.05) is 13.7 Å². The number of carbonyl (C=O) groups excluding carboxylic acids is 1. The van der Waals surface area contributed by atoms with Crippen molar-refractivity contribution < 1.29 is 9.53 Å². The molecule has 1 aromatic carbocycles. The molecule has 0 radical (unpaired) electrons. The minimum absolute atomic E-state index is 0.0175. The third-order valence-electron chi connectivity index (χ3n) is 3.65. The fraction of sp³-hybridized carbons (Fsp3) is 0.400. The summed E-state index contributed by atoms with van der Waals surface area (Å²) in [6.07, 6.45) is 2.08. The monoisotopic (exact) mass is 258 g/mol. The zero-order chi connectivity index (χ0) is 13.4. The second-order valence-electron chi connectivity index (χ2n) is 4.91. The predicted octanol–water partition coefficient (Wildman–Crippen LogP) is 2.35. The highest BCUT2D eigenvalue weighted by Gasteiger charge is 2.21. The lowest BCUT2D eigenvalue weighted by Gasteiger charge is -2.18. The third kappa shape index (κ3) is 1.87.